The van der Waals surface area contributed by atoms with Crippen LogP contribution < -0.4 is 10.6 Å². The van der Waals surface area contributed by atoms with Gasteiger partial charge in [0.1, 0.15) is 5.82 Å². The van der Waals surface area contributed by atoms with E-state index in [1.807, 2.05) is 38.7 Å². The van der Waals surface area contributed by atoms with Gasteiger partial charge in [-0.2, -0.15) is 10.1 Å². The average Bonchev–Trinajstić information content (AvgIpc) is 3.61. The van der Waals surface area contributed by atoms with Crippen LogP contribution in [0.1, 0.15) is 62.6 Å². The van der Waals surface area contributed by atoms with Crippen LogP contribution in [0.25, 0.3) is 22.2 Å². The van der Waals surface area contributed by atoms with Crippen LogP contribution in [0.5, 0.6) is 0 Å². The Labute approximate surface area is 243 Å². The SMILES string of the molecule is C[C@@H]1[C@H](Nc2n[nH]c3nccc(-c4ccc(CNC(=O)c5noc(C(C)(C)C)n5)c(F)c4)c23)CCCN1C(=O)N(C)C. The van der Waals surface area contributed by atoms with Crippen molar-refractivity contribution in [2.45, 2.75) is 64.6 Å². The largest absolute Gasteiger partial charge is 0.363 e. The van der Waals surface area contributed by atoms with Crippen LogP contribution in [0.3, 0.4) is 0 Å². The number of likely N-dealkylation sites (tertiary alicyclic amines) is 1. The molecule has 1 saturated heterocycles. The van der Waals surface area contributed by atoms with E-state index >= 15 is 4.39 Å². The van der Waals surface area contributed by atoms with Gasteiger partial charge < -0.3 is 25.0 Å². The number of rotatable bonds is 6. The molecule has 1 aliphatic heterocycles. The number of aromatic amines is 1. The molecule has 1 aromatic carbocycles. The third kappa shape index (κ3) is 5.76. The minimum absolute atomic E-state index is 0.0244. The van der Waals surface area contributed by atoms with E-state index in [0.29, 0.717) is 35.0 Å². The average molecular weight is 578 g/mol. The molecule has 13 heteroatoms. The maximum atomic E-state index is 15.3. The molecule has 2 atom stereocenters. The number of anilines is 1. The van der Waals surface area contributed by atoms with Gasteiger partial charge >= 0.3 is 6.03 Å². The second-order valence-corrected chi connectivity index (χ2v) is 11.8. The molecule has 0 bridgehead atoms. The van der Waals surface area contributed by atoms with Crippen molar-refractivity contribution in [1.29, 1.82) is 0 Å². The molecular formula is C29H36FN9O3. The van der Waals surface area contributed by atoms with Gasteiger partial charge in [-0.05, 0) is 43.0 Å². The van der Waals surface area contributed by atoms with Crippen molar-refractivity contribution in [1.82, 2.24) is 40.4 Å². The highest BCUT2D eigenvalue weighted by Gasteiger charge is 2.33. The summed E-state index contributed by atoms with van der Waals surface area (Å²) in [4.78, 5) is 37.2. The fraction of sp³-hybridized carbons (Fsp3) is 0.448. The first kappa shape index (κ1) is 29.0. The summed E-state index contributed by atoms with van der Waals surface area (Å²) >= 11 is 0. The Kier molecular flexibility index (Phi) is 7.85. The van der Waals surface area contributed by atoms with E-state index in [9.17, 15) is 9.59 Å². The Balaban J connectivity index is 1.34. The number of urea groups is 1. The van der Waals surface area contributed by atoms with Crippen LogP contribution in [0, 0.1) is 5.82 Å². The lowest BCUT2D eigenvalue weighted by Crippen LogP contribution is -2.54. The van der Waals surface area contributed by atoms with Crippen LogP contribution in [0.2, 0.25) is 0 Å². The summed E-state index contributed by atoms with van der Waals surface area (Å²) in [6, 6.07) is 6.57. The van der Waals surface area contributed by atoms with E-state index in [1.165, 1.54) is 6.07 Å². The number of H-pyrrole nitrogens is 1. The summed E-state index contributed by atoms with van der Waals surface area (Å²) in [5.41, 5.74) is 1.86. The molecule has 0 unspecified atom stereocenters. The summed E-state index contributed by atoms with van der Waals surface area (Å²) in [6.07, 6.45) is 3.38. The van der Waals surface area contributed by atoms with E-state index in [4.69, 9.17) is 4.52 Å². The molecule has 5 rings (SSSR count). The predicted molar refractivity (Wildman–Crippen MR) is 155 cm³/mol. The quantitative estimate of drug-likeness (QED) is 0.307. The van der Waals surface area contributed by atoms with Crippen molar-refractivity contribution in [3.8, 4) is 11.1 Å². The first-order valence-corrected chi connectivity index (χ1v) is 13.9. The Morgan fingerprint density at radius 3 is 2.71 bits per heavy atom. The fourth-order valence-corrected chi connectivity index (χ4v) is 5.07. The van der Waals surface area contributed by atoms with Crippen LogP contribution >= 0.6 is 0 Å². The molecular weight excluding hydrogens is 541 g/mol. The Hall–Kier alpha value is -4.55. The standard InChI is InChI=1S/C29H36FN9O3/c1-16-21(8-7-13-39(16)28(41)38(5)6)33-24-22-19(11-12-31-23(22)35-36-24)17-9-10-18(20(30)14-17)15-32-26(40)25-34-27(42-37-25)29(2,3)4/h9-12,14,16,21H,7-8,13,15H2,1-6H3,(H,32,40)(H2,31,33,35,36)/t16-,21-/m1/s1. The molecule has 1 aliphatic rings. The molecule has 3 amide bonds. The number of hydrogen-bond donors (Lipinski definition) is 3. The van der Waals surface area contributed by atoms with E-state index in [2.05, 4.69) is 36.0 Å². The summed E-state index contributed by atoms with van der Waals surface area (Å²) in [7, 11) is 3.50. The zero-order chi connectivity index (χ0) is 30.2. The van der Waals surface area contributed by atoms with Gasteiger partial charge in [0.25, 0.3) is 11.7 Å². The molecule has 0 aliphatic carbocycles. The number of piperidine rings is 1. The molecule has 4 aromatic rings. The van der Waals surface area contributed by atoms with Gasteiger partial charge in [-0.15, -0.1) is 0 Å². The molecule has 1 fully saturated rings. The number of nitrogens with one attached hydrogen (secondary N) is 3. The Morgan fingerprint density at radius 1 is 1.24 bits per heavy atom. The summed E-state index contributed by atoms with van der Waals surface area (Å²) in [5, 5.41) is 18.1. The molecule has 222 valence electrons. The first-order chi connectivity index (χ1) is 19.9. The lowest BCUT2D eigenvalue weighted by molar-refractivity contribution is 0.0937. The first-order valence-electron chi connectivity index (χ1n) is 13.9. The maximum Gasteiger partial charge on any atom is 0.319 e. The van der Waals surface area contributed by atoms with E-state index in [1.54, 1.807) is 37.3 Å². The van der Waals surface area contributed by atoms with Crippen molar-refractivity contribution in [2.24, 2.45) is 0 Å². The van der Waals surface area contributed by atoms with Gasteiger partial charge in [-0.1, -0.05) is 38.1 Å². The third-order valence-corrected chi connectivity index (χ3v) is 7.47. The highest BCUT2D eigenvalue weighted by atomic mass is 19.1. The topological polar surface area (TPSA) is 145 Å². The summed E-state index contributed by atoms with van der Waals surface area (Å²) in [5.74, 6) is -0.186. The van der Waals surface area contributed by atoms with Gasteiger partial charge in [-0.3, -0.25) is 9.89 Å². The minimum atomic E-state index is -0.550. The molecule has 3 N–H and O–H groups in total. The molecule has 4 heterocycles. The number of halogens is 1. The molecule has 3 aromatic heterocycles. The second-order valence-electron chi connectivity index (χ2n) is 11.8. The number of hydrogen-bond acceptors (Lipinski definition) is 8. The zero-order valence-corrected chi connectivity index (χ0v) is 24.7. The van der Waals surface area contributed by atoms with Crippen molar-refractivity contribution in [3.63, 3.8) is 0 Å². The van der Waals surface area contributed by atoms with Gasteiger partial charge in [0.05, 0.1) is 11.4 Å². The van der Waals surface area contributed by atoms with Crippen molar-refractivity contribution >= 4 is 28.8 Å². The number of nitrogens with zero attached hydrogens (tertiary/aromatic N) is 6. The molecule has 12 nitrogen and oxygen atoms in total. The van der Waals surface area contributed by atoms with E-state index < -0.39 is 17.1 Å². The third-order valence-electron chi connectivity index (χ3n) is 7.47. The number of benzene rings is 1. The highest BCUT2D eigenvalue weighted by Crippen LogP contribution is 2.34. The lowest BCUT2D eigenvalue weighted by Gasteiger charge is -2.40. The number of carbonyl (C=O) groups excluding carboxylic acids is 2. The van der Waals surface area contributed by atoms with Crippen LogP contribution in [-0.4, -0.2) is 79.8 Å². The van der Waals surface area contributed by atoms with Gasteiger partial charge in [-0.25, -0.2) is 14.2 Å². The van der Waals surface area contributed by atoms with Gasteiger partial charge in [0, 0.05) is 50.4 Å². The smallest absolute Gasteiger partial charge is 0.319 e. The summed E-state index contributed by atoms with van der Waals surface area (Å²) < 4.78 is 20.5. The molecule has 0 radical (unpaired) electrons. The maximum absolute atomic E-state index is 15.3. The van der Waals surface area contributed by atoms with Crippen molar-refractivity contribution in [3.05, 3.63) is 53.6 Å². The molecule has 42 heavy (non-hydrogen) atoms. The van der Waals surface area contributed by atoms with E-state index in [-0.39, 0.29) is 30.5 Å². The highest BCUT2D eigenvalue weighted by molar-refractivity contribution is 6.00. The normalized spacial score (nSPS) is 17.4. The van der Waals surface area contributed by atoms with Crippen LogP contribution in [0.4, 0.5) is 15.0 Å². The minimum Gasteiger partial charge on any atom is -0.363 e. The Bertz CT molecular complexity index is 1610. The van der Waals surface area contributed by atoms with Crippen molar-refractivity contribution < 1.29 is 18.5 Å². The lowest BCUT2D eigenvalue weighted by atomic mass is 9.97. The monoisotopic (exact) mass is 577 g/mol. The number of pyridine rings is 1. The second kappa shape index (κ2) is 11.4. The summed E-state index contributed by atoms with van der Waals surface area (Å²) in [6.45, 7) is 8.38. The predicted octanol–water partition coefficient (Wildman–Crippen LogP) is 4.32. The number of amides is 3. The van der Waals surface area contributed by atoms with Crippen LogP contribution in [0.15, 0.2) is 35.0 Å². The Morgan fingerprint density at radius 2 is 2.02 bits per heavy atom. The van der Waals surface area contributed by atoms with Crippen molar-refractivity contribution in [2.75, 3.05) is 26.0 Å². The van der Waals surface area contributed by atoms with Gasteiger partial charge in [0.2, 0.25) is 5.89 Å². The number of fused-ring (bicyclic) bond motifs is 1. The zero-order valence-electron chi connectivity index (χ0n) is 24.7. The van der Waals surface area contributed by atoms with E-state index in [0.717, 1.165) is 23.8 Å². The molecule has 0 saturated carbocycles. The number of carbonyl (C=O) groups is 2. The van der Waals surface area contributed by atoms with Gasteiger partial charge in [0.15, 0.2) is 11.5 Å². The number of aromatic nitrogens is 5. The molecule has 0 spiro atoms. The fourth-order valence-electron chi connectivity index (χ4n) is 5.07. The van der Waals surface area contributed by atoms with Crippen LogP contribution in [-0.2, 0) is 12.0 Å².